The quantitative estimate of drug-likeness (QED) is 0.589. The van der Waals surface area contributed by atoms with Gasteiger partial charge in [-0.25, -0.2) is 9.31 Å². The Kier molecular flexibility index (Phi) is 6.05. The second kappa shape index (κ2) is 8.69. The molecule has 34 heavy (non-hydrogen) atoms. The van der Waals surface area contributed by atoms with Gasteiger partial charge in [0, 0.05) is 30.6 Å². The van der Waals surface area contributed by atoms with E-state index < -0.39 is 12.0 Å². The number of nitrogens with zero attached hydrogens (tertiary/aromatic N) is 3. The van der Waals surface area contributed by atoms with Gasteiger partial charge in [0.05, 0.1) is 11.9 Å². The van der Waals surface area contributed by atoms with Crippen LogP contribution in [0, 0.1) is 0 Å². The summed E-state index contributed by atoms with van der Waals surface area (Å²) in [7, 11) is 0. The van der Waals surface area contributed by atoms with Crippen LogP contribution < -0.4 is 10.3 Å². The van der Waals surface area contributed by atoms with Crippen molar-refractivity contribution in [3.8, 4) is 16.9 Å². The number of ether oxygens (including phenoxy) is 2. The molecule has 182 valence electrons. The van der Waals surface area contributed by atoms with Crippen molar-refractivity contribution in [2.45, 2.75) is 51.5 Å². The van der Waals surface area contributed by atoms with Crippen LogP contribution in [0.2, 0.25) is 0 Å². The van der Waals surface area contributed by atoms with Gasteiger partial charge in [0.15, 0.2) is 0 Å². The predicted molar refractivity (Wildman–Crippen MR) is 118 cm³/mol. The maximum absolute atomic E-state index is 12.6. The zero-order chi connectivity index (χ0) is 24.7. The lowest BCUT2D eigenvalue weighted by atomic mass is 9.93. The van der Waals surface area contributed by atoms with Gasteiger partial charge in [0.2, 0.25) is 0 Å². The van der Waals surface area contributed by atoms with Crippen molar-refractivity contribution in [1.29, 1.82) is 0 Å². The first-order valence-corrected chi connectivity index (χ1v) is 10.8. The summed E-state index contributed by atoms with van der Waals surface area (Å²) in [6.07, 6.45) is -2.46. The number of nitrogens with one attached hydrogen (secondary N) is 1. The molecule has 8 nitrogen and oxygen atoms in total. The highest BCUT2D eigenvalue weighted by Gasteiger charge is 2.32. The number of amides is 1. The molecule has 1 fully saturated rings. The average molecular weight is 478 g/mol. The van der Waals surface area contributed by atoms with E-state index in [0.717, 1.165) is 0 Å². The van der Waals surface area contributed by atoms with Crippen LogP contribution >= 0.6 is 0 Å². The second-order valence-corrected chi connectivity index (χ2v) is 9.19. The molecular weight excluding hydrogens is 453 g/mol. The molecule has 1 aliphatic heterocycles. The smallest absolute Gasteiger partial charge is 0.444 e. The van der Waals surface area contributed by atoms with E-state index in [9.17, 15) is 22.8 Å². The molecule has 1 amide bonds. The normalized spacial score (nSPS) is 15.5. The molecule has 0 spiro atoms. The molecular formula is C23H25F3N4O4. The third-order valence-electron chi connectivity index (χ3n) is 5.48. The number of fused-ring (bicyclic) bond motifs is 1. The summed E-state index contributed by atoms with van der Waals surface area (Å²) in [5, 5.41) is 4.40. The first-order chi connectivity index (χ1) is 15.9. The van der Waals surface area contributed by atoms with E-state index in [0.29, 0.717) is 48.4 Å². The summed E-state index contributed by atoms with van der Waals surface area (Å²) in [6, 6.07) is 6.98. The molecule has 3 heterocycles. The molecule has 1 aromatic carbocycles. The zero-order valence-electron chi connectivity index (χ0n) is 19.0. The van der Waals surface area contributed by atoms with Crippen LogP contribution in [0.25, 0.3) is 16.8 Å². The first-order valence-electron chi connectivity index (χ1n) is 10.8. The number of halogens is 3. The van der Waals surface area contributed by atoms with Crippen molar-refractivity contribution >= 4 is 11.7 Å². The molecule has 2 aromatic heterocycles. The number of H-pyrrole nitrogens is 1. The molecule has 0 aliphatic carbocycles. The van der Waals surface area contributed by atoms with Crippen LogP contribution in [0.5, 0.6) is 5.75 Å². The van der Waals surface area contributed by atoms with Crippen molar-refractivity contribution in [3.63, 3.8) is 0 Å². The number of aromatic nitrogens is 3. The van der Waals surface area contributed by atoms with Crippen LogP contribution in [0.3, 0.4) is 0 Å². The third kappa shape index (κ3) is 5.35. The van der Waals surface area contributed by atoms with Gasteiger partial charge in [0.1, 0.15) is 17.0 Å². The fourth-order valence-electron chi connectivity index (χ4n) is 4.06. The summed E-state index contributed by atoms with van der Waals surface area (Å²) in [5.74, 6) is -0.395. The lowest BCUT2D eigenvalue weighted by Crippen LogP contribution is -2.41. The Morgan fingerprint density at radius 3 is 2.50 bits per heavy atom. The number of benzene rings is 1. The Hall–Kier alpha value is -3.50. The maximum atomic E-state index is 12.6. The fraction of sp³-hybridized carbons (Fsp3) is 0.435. The monoisotopic (exact) mass is 478 g/mol. The number of aromatic amines is 1. The lowest BCUT2D eigenvalue weighted by Gasteiger charge is -2.33. The van der Waals surface area contributed by atoms with E-state index in [4.69, 9.17) is 4.74 Å². The van der Waals surface area contributed by atoms with Crippen molar-refractivity contribution in [3.05, 3.63) is 52.6 Å². The van der Waals surface area contributed by atoms with E-state index in [1.165, 1.54) is 30.5 Å². The Balaban J connectivity index is 1.60. The van der Waals surface area contributed by atoms with Gasteiger partial charge in [-0.15, -0.1) is 13.2 Å². The fourth-order valence-corrected chi connectivity index (χ4v) is 4.06. The summed E-state index contributed by atoms with van der Waals surface area (Å²) in [4.78, 5) is 29.2. The number of carbonyl (C=O) groups excluding carboxylic acids is 1. The van der Waals surface area contributed by atoms with Crippen molar-refractivity contribution < 1.29 is 27.4 Å². The molecule has 3 aromatic rings. The minimum atomic E-state index is -4.81. The largest absolute Gasteiger partial charge is 0.573 e. The predicted octanol–water partition coefficient (Wildman–Crippen LogP) is 4.70. The Bertz CT molecular complexity index is 1250. The molecule has 4 rings (SSSR count). The van der Waals surface area contributed by atoms with Crippen molar-refractivity contribution in [2.75, 3.05) is 13.1 Å². The summed E-state index contributed by atoms with van der Waals surface area (Å²) in [5.41, 5.74) is 1.02. The minimum absolute atomic E-state index is 0.0314. The molecule has 11 heteroatoms. The van der Waals surface area contributed by atoms with Crippen LogP contribution in [-0.4, -0.2) is 50.6 Å². The van der Waals surface area contributed by atoms with Crippen LogP contribution in [-0.2, 0) is 4.74 Å². The SMILES string of the molecule is CC(C)(C)OC(=O)N1CCC(c2cc(=O)[nH]c3c(-c4cccc(OC(F)(F)F)c4)cnn23)CC1. The molecule has 1 saturated heterocycles. The minimum Gasteiger partial charge on any atom is -0.444 e. The number of likely N-dealkylation sites (tertiary alicyclic amines) is 1. The number of hydrogen-bond donors (Lipinski definition) is 1. The Morgan fingerprint density at radius 2 is 1.85 bits per heavy atom. The van der Waals surface area contributed by atoms with Gasteiger partial charge >= 0.3 is 12.5 Å². The summed E-state index contributed by atoms with van der Waals surface area (Å²) < 4.78 is 48.9. The topological polar surface area (TPSA) is 88.9 Å². The van der Waals surface area contributed by atoms with E-state index in [1.807, 2.05) is 20.8 Å². The highest BCUT2D eigenvalue weighted by atomic mass is 19.4. The van der Waals surface area contributed by atoms with Crippen molar-refractivity contribution in [2.24, 2.45) is 0 Å². The molecule has 0 unspecified atom stereocenters. The summed E-state index contributed by atoms with van der Waals surface area (Å²) >= 11 is 0. The van der Waals surface area contributed by atoms with Crippen LogP contribution in [0.4, 0.5) is 18.0 Å². The number of rotatable bonds is 3. The molecule has 1 aliphatic rings. The third-order valence-corrected chi connectivity index (χ3v) is 5.48. The van der Waals surface area contributed by atoms with Crippen LogP contribution in [0.15, 0.2) is 41.3 Å². The highest BCUT2D eigenvalue weighted by molar-refractivity contribution is 5.77. The van der Waals surface area contributed by atoms with Gasteiger partial charge in [0.25, 0.3) is 5.56 Å². The van der Waals surface area contributed by atoms with Crippen molar-refractivity contribution in [1.82, 2.24) is 19.5 Å². The van der Waals surface area contributed by atoms with Gasteiger partial charge in [-0.2, -0.15) is 5.10 Å². The first kappa shape index (κ1) is 23.7. The number of piperidine rings is 1. The van der Waals surface area contributed by atoms with E-state index in [-0.39, 0.29) is 23.3 Å². The molecule has 1 N–H and O–H groups in total. The second-order valence-electron chi connectivity index (χ2n) is 9.19. The van der Waals surface area contributed by atoms with Gasteiger partial charge in [-0.3, -0.25) is 4.79 Å². The van der Waals surface area contributed by atoms with E-state index in [1.54, 1.807) is 15.5 Å². The van der Waals surface area contributed by atoms with E-state index >= 15 is 0 Å². The number of carbonyl (C=O) groups is 1. The number of hydrogen-bond acceptors (Lipinski definition) is 5. The van der Waals surface area contributed by atoms with Crippen LogP contribution in [0.1, 0.15) is 45.2 Å². The Labute approximate surface area is 193 Å². The van der Waals surface area contributed by atoms with E-state index in [2.05, 4.69) is 14.8 Å². The molecule has 0 radical (unpaired) electrons. The van der Waals surface area contributed by atoms with Gasteiger partial charge in [-0.05, 0) is 51.3 Å². The summed E-state index contributed by atoms with van der Waals surface area (Å²) in [6.45, 7) is 6.37. The lowest BCUT2D eigenvalue weighted by molar-refractivity contribution is -0.274. The van der Waals surface area contributed by atoms with Gasteiger partial charge in [-0.1, -0.05) is 12.1 Å². The van der Waals surface area contributed by atoms with Gasteiger partial charge < -0.3 is 19.4 Å². The maximum Gasteiger partial charge on any atom is 0.573 e. The molecule has 0 atom stereocenters. The molecule has 0 saturated carbocycles. The number of alkyl halides is 3. The average Bonchev–Trinajstić information content (AvgIpc) is 3.15. The standard InChI is InChI=1S/C23H25F3N4O4/c1-22(2,3)34-21(32)29-9-7-14(8-10-29)18-12-19(31)28-20-17(13-27-30(18)20)15-5-4-6-16(11-15)33-23(24,25)26/h4-6,11-14H,7-10H2,1-3H3,(H,28,31). The highest BCUT2D eigenvalue weighted by Crippen LogP contribution is 2.32. The molecule has 0 bridgehead atoms. The zero-order valence-corrected chi connectivity index (χ0v) is 19.0. The Morgan fingerprint density at radius 1 is 1.15 bits per heavy atom.